The zero-order chi connectivity index (χ0) is 32.0. The van der Waals surface area contributed by atoms with Crippen LogP contribution in [0.25, 0.3) is 0 Å². The third-order valence-electron chi connectivity index (χ3n) is 7.09. The van der Waals surface area contributed by atoms with Gasteiger partial charge in [-0.05, 0) is 81.8 Å². The van der Waals surface area contributed by atoms with Crippen LogP contribution in [0.2, 0.25) is 0 Å². The molecule has 1 atom stereocenters. The first-order valence-electron chi connectivity index (χ1n) is 14.6. The molecular formula is C32H40N4O7S. The van der Waals surface area contributed by atoms with E-state index < -0.39 is 40.3 Å². The number of hydrogen-bond acceptors (Lipinski definition) is 8. The van der Waals surface area contributed by atoms with Gasteiger partial charge in [0.1, 0.15) is 18.0 Å². The lowest BCUT2D eigenvalue weighted by molar-refractivity contribution is -0.135. The van der Waals surface area contributed by atoms with Gasteiger partial charge in [0.25, 0.3) is 10.0 Å². The monoisotopic (exact) mass is 624 g/mol. The molecule has 0 radical (unpaired) electrons. The van der Waals surface area contributed by atoms with Gasteiger partial charge in [0, 0.05) is 18.2 Å². The lowest BCUT2D eigenvalue weighted by Gasteiger charge is -2.26. The summed E-state index contributed by atoms with van der Waals surface area (Å²) in [7, 11) is -4.07. The Bertz CT molecular complexity index is 1540. The second kappa shape index (κ2) is 13.8. The van der Waals surface area contributed by atoms with Crippen LogP contribution < -0.4 is 9.62 Å². The number of nitrogens with one attached hydrogen (secondary N) is 1. The van der Waals surface area contributed by atoms with Gasteiger partial charge in [-0.25, -0.2) is 27.9 Å². The van der Waals surface area contributed by atoms with Crippen LogP contribution in [-0.2, 0) is 36.1 Å². The number of carbonyl (C=O) groups is 2. The summed E-state index contributed by atoms with van der Waals surface area (Å²) in [5, 5.41) is 9.35. The Balaban J connectivity index is 1.66. The minimum atomic E-state index is -4.07. The molecule has 1 aliphatic carbocycles. The van der Waals surface area contributed by atoms with Crippen molar-refractivity contribution in [3.05, 3.63) is 83.7 Å². The second-order valence-corrected chi connectivity index (χ2v) is 13.6. The van der Waals surface area contributed by atoms with Crippen LogP contribution >= 0.6 is 0 Å². The minimum Gasteiger partial charge on any atom is -0.480 e. The summed E-state index contributed by atoms with van der Waals surface area (Å²) in [5.74, 6) is -1.25. The summed E-state index contributed by atoms with van der Waals surface area (Å²) in [6.07, 6.45) is 3.82. The zero-order valence-electron chi connectivity index (χ0n) is 25.5. The number of aromatic nitrogens is 2. The highest BCUT2D eigenvalue weighted by Crippen LogP contribution is 2.48. The number of sulfonamides is 1. The number of amides is 1. The van der Waals surface area contributed by atoms with Crippen LogP contribution in [0.1, 0.15) is 69.8 Å². The van der Waals surface area contributed by atoms with E-state index in [-0.39, 0.29) is 28.4 Å². The van der Waals surface area contributed by atoms with Crippen molar-refractivity contribution in [3.63, 3.8) is 0 Å². The molecule has 1 aliphatic rings. The molecule has 0 saturated heterocycles. The highest BCUT2D eigenvalue weighted by molar-refractivity contribution is 7.89. The predicted octanol–water partition coefficient (Wildman–Crippen LogP) is 5.02. The molecule has 1 amide bonds. The molecule has 0 aliphatic heterocycles. The lowest BCUT2D eigenvalue weighted by Crippen LogP contribution is -2.40. The molecule has 44 heavy (non-hydrogen) atoms. The normalized spacial score (nSPS) is 14.9. The van der Waals surface area contributed by atoms with E-state index in [1.165, 1.54) is 23.9 Å². The van der Waals surface area contributed by atoms with Crippen molar-refractivity contribution in [2.24, 2.45) is 0 Å². The standard InChI is InChI=1S/C32H40N4O7S/c1-5-19-42-22-32(16-17-32)24-14-12-23(13-15-24)20-26(35-44(40,41)28-11-6-7-18-33-28)25-9-8-10-27(34-25)36(21-29(37)38)30(39)43-31(2,3)4/h6-15,18,26,35H,5,16-17,19-22H2,1-4H3,(H,37,38). The fraction of sp³-hybridized carbons (Fsp3) is 0.438. The lowest BCUT2D eigenvalue weighted by atomic mass is 9.94. The van der Waals surface area contributed by atoms with Gasteiger partial charge in [0.05, 0.1) is 18.3 Å². The van der Waals surface area contributed by atoms with Gasteiger partial charge < -0.3 is 14.6 Å². The van der Waals surface area contributed by atoms with Crippen molar-refractivity contribution in [2.75, 3.05) is 24.7 Å². The Kier molecular flexibility index (Phi) is 10.4. The van der Waals surface area contributed by atoms with Crippen LogP contribution in [0.5, 0.6) is 0 Å². The fourth-order valence-corrected chi connectivity index (χ4v) is 5.90. The Labute approximate surface area is 258 Å². The Morgan fingerprint density at radius 2 is 1.80 bits per heavy atom. The smallest absolute Gasteiger partial charge is 0.416 e. The van der Waals surface area contributed by atoms with Crippen molar-refractivity contribution < 1.29 is 32.6 Å². The molecule has 11 nitrogen and oxygen atoms in total. The van der Waals surface area contributed by atoms with Crippen molar-refractivity contribution >= 4 is 27.9 Å². The first kappa shape index (κ1) is 33.0. The number of anilines is 1. The number of ether oxygens (including phenoxy) is 2. The summed E-state index contributed by atoms with van der Waals surface area (Å²) in [6.45, 7) is 7.80. The summed E-state index contributed by atoms with van der Waals surface area (Å²) in [4.78, 5) is 34.1. The maximum absolute atomic E-state index is 13.4. The number of nitrogens with zero attached hydrogens (tertiary/aromatic N) is 3. The highest BCUT2D eigenvalue weighted by atomic mass is 32.2. The van der Waals surface area contributed by atoms with Crippen LogP contribution in [-0.4, -0.2) is 60.9 Å². The molecule has 1 unspecified atom stereocenters. The molecule has 4 rings (SSSR count). The van der Waals surface area contributed by atoms with Crippen molar-refractivity contribution in [1.29, 1.82) is 0 Å². The van der Waals surface area contributed by atoms with E-state index in [1.54, 1.807) is 45.0 Å². The number of aliphatic carboxylic acids is 1. The zero-order valence-corrected chi connectivity index (χ0v) is 26.3. The van der Waals surface area contributed by atoms with Gasteiger partial charge >= 0.3 is 12.1 Å². The molecule has 2 N–H and O–H groups in total. The summed E-state index contributed by atoms with van der Waals surface area (Å²) < 4.78 is 40.7. The van der Waals surface area contributed by atoms with Gasteiger partial charge in [-0.2, -0.15) is 0 Å². The average molecular weight is 625 g/mol. The molecular weight excluding hydrogens is 584 g/mol. The number of carboxylic acid groups (broad SMARTS) is 1. The first-order chi connectivity index (χ1) is 20.8. The molecule has 1 fully saturated rings. The third kappa shape index (κ3) is 8.84. The molecule has 236 valence electrons. The van der Waals surface area contributed by atoms with Crippen molar-refractivity contribution in [1.82, 2.24) is 14.7 Å². The molecule has 0 bridgehead atoms. The molecule has 2 heterocycles. The Morgan fingerprint density at radius 3 is 2.39 bits per heavy atom. The van der Waals surface area contributed by atoms with Crippen LogP contribution in [0.15, 0.2) is 71.9 Å². The van der Waals surface area contributed by atoms with Gasteiger partial charge in [-0.3, -0.25) is 9.69 Å². The van der Waals surface area contributed by atoms with E-state index in [2.05, 4.69) is 33.7 Å². The van der Waals surface area contributed by atoms with Gasteiger partial charge in [0.15, 0.2) is 5.03 Å². The first-order valence-corrected chi connectivity index (χ1v) is 16.1. The topological polar surface area (TPSA) is 148 Å². The van der Waals surface area contributed by atoms with Crippen molar-refractivity contribution in [3.8, 4) is 0 Å². The van der Waals surface area contributed by atoms with E-state index in [4.69, 9.17) is 9.47 Å². The maximum Gasteiger partial charge on any atom is 0.416 e. The van der Waals surface area contributed by atoms with E-state index >= 15 is 0 Å². The number of pyridine rings is 2. The average Bonchev–Trinajstić information content (AvgIpc) is 3.76. The fourth-order valence-electron chi connectivity index (χ4n) is 4.74. The molecule has 1 saturated carbocycles. The SMILES string of the molecule is CCCOCC1(c2ccc(CC(NS(=O)(=O)c3ccccn3)c3cccc(N(CC(=O)O)C(=O)OC(C)(C)C)n3)cc2)CC1. The van der Waals surface area contributed by atoms with Crippen LogP contribution in [0.4, 0.5) is 10.6 Å². The van der Waals surface area contributed by atoms with Crippen LogP contribution in [0, 0.1) is 0 Å². The molecule has 2 aromatic heterocycles. The number of benzene rings is 1. The van der Waals surface area contributed by atoms with Gasteiger partial charge in [-0.1, -0.05) is 43.3 Å². The summed E-state index contributed by atoms with van der Waals surface area (Å²) in [5.41, 5.74) is 1.48. The van der Waals surface area contributed by atoms with E-state index in [0.29, 0.717) is 6.61 Å². The molecule has 3 aromatic rings. The van der Waals surface area contributed by atoms with Crippen LogP contribution in [0.3, 0.4) is 0 Å². The highest BCUT2D eigenvalue weighted by Gasteiger charge is 2.44. The van der Waals surface area contributed by atoms with Crippen molar-refractivity contribution in [2.45, 2.75) is 75.5 Å². The number of carbonyl (C=O) groups excluding carboxylic acids is 1. The van der Waals surface area contributed by atoms with Gasteiger partial charge in [0.2, 0.25) is 0 Å². The Hall–Kier alpha value is -3.87. The second-order valence-electron chi connectivity index (χ2n) is 12.0. The maximum atomic E-state index is 13.4. The Morgan fingerprint density at radius 1 is 1.07 bits per heavy atom. The minimum absolute atomic E-state index is 0.0132. The third-order valence-corrected chi connectivity index (χ3v) is 8.48. The van der Waals surface area contributed by atoms with E-state index in [9.17, 15) is 23.1 Å². The number of hydrogen-bond donors (Lipinski definition) is 2. The molecule has 12 heteroatoms. The summed E-state index contributed by atoms with van der Waals surface area (Å²) >= 11 is 0. The van der Waals surface area contributed by atoms with E-state index in [0.717, 1.165) is 36.3 Å². The number of carboxylic acids is 1. The summed E-state index contributed by atoms with van der Waals surface area (Å²) in [6, 6.07) is 16.5. The van der Waals surface area contributed by atoms with E-state index in [1.807, 2.05) is 12.1 Å². The van der Waals surface area contributed by atoms with Gasteiger partial charge in [-0.15, -0.1) is 0 Å². The predicted molar refractivity (Wildman–Crippen MR) is 165 cm³/mol. The quantitative estimate of drug-likeness (QED) is 0.236. The largest absolute Gasteiger partial charge is 0.480 e. The molecule has 0 spiro atoms. The molecule has 1 aromatic carbocycles. The number of rotatable bonds is 14.